The number of nitrogens with zero attached hydrogens (tertiary/aromatic N) is 3. The standard InChI is InChI=1S/C16H27N3O4S/c1-4-17-8-7-16(14(17)21)12-18(13(2)20)11-15(16)5-9-19(10-6-15)24(3,22)23/h4-12H2,1-3H3. The molecule has 3 rings (SSSR count). The highest BCUT2D eigenvalue weighted by atomic mass is 32.2. The molecule has 8 heteroatoms. The highest BCUT2D eigenvalue weighted by molar-refractivity contribution is 7.88. The number of carbonyl (C=O) groups is 2. The number of hydrogen-bond acceptors (Lipinski definition) is 4. The largest absolute Gasteiger partial charge is 0.342 e. The normalized spacial score (nSPS) is 30.7. The van der Waals surface area contributed by atoms with Gasteiger partial charge in [0, 0.05) is 51.6 Å². The molecule has 0 aliphatic carbocycles. The Bertz CT molecular complexity index is 654. The van der Waals surface area contributed by atoms with Gasteiger partial charge in [-0.15, -0.1) is 0 Å². The maximum Gasteiger partial charge on any atom is 0.231 e. The van der Waals surface area contributed by atoms with E-state index in [2.05, 4.69) is 0 Å². The molecule has 136 valence electrons. The van der Waals surface area contributed by atoms with Crippen molar-refractivity contribution in [1.82, 2.24) is 14.1 Å². The Labute approximate surface area is 144 Å². The van der Waals surface area contributed by atoms with E-state index in [4.69, 9.17) is 0 Å². The van der Waals surface area contributed by atoms with Gasteiger partial charge in [0.25, 0.3) is 0 Å². The molecule has 0 N–H and O–H groups in total. The predicted molar refractivity (Wildman–Crippen MR) is 89.6 cm³/mol. The van der Waals surface area contributed by atoms with Crippen molar-refractivity contribution in [1.29, 1.82) is 0 Å². The van der Waals surface area contributed by atoms with Gasteiger partial charge in [-0.1, -0.05) is 0 Å². The molecule has 3 aliphatic rings. The number of likely N-dealkylation sites (tertiary alicyclic amines) is 2. The Morgan fingerprint density at radius 3 is 2.21 bits per heavy atom. The fraction of sp³-hybridized carbons (Fsp3) is 0.875. The molecule has 3 saturated heterocycles. The van der Waals surface area contributed by atoms with Crippen LogP contribution in [0.2, 0.25) is 0 Å². The van der Waals surface area contributed by atoms with Gasteiger partial charge in [-0.3, -0.25) is 9.59 Å². The summed E-state index contributed by atoms with van der Waals surface area (Å²) in [6, 6.07) is 0. The third-order valence-corrected chi connectivity index (χ3v) is 7.75. The quantitative estimate of drug-likeness (QED) is 0.704. The summed E-state index contributed by atoms with van der Waals surface area (Å²) in [5, 5.41) is 0. The van der Waals surface area contributed by atoms with Crippen LogP contribution in [0.3, 0.4) is 0 Å². The smallest absolute Gasteiger partial charge is 0.231 e. The summed E-state index contributed by atoms with van der Waals surface area (Å²) >= 11 is 0. The third-order valence-electron chi connectivity index (χ3n) is 6.45. The molecule has 2 spiro atoms. The Morgan fingerprint density at radius 2 is 1.75 bits per heavy atom. The molecule has 0 aromatic rings. The lowest BCUT2D eigenvalue weighted by Crippen LogP contribution is -2.53. The Hall–Kier alpha value is -1.15. The highest BCUT2D eigenvalue weighted by Crippen LogP contribution is 2.57. The summed E-state index contributed by atoms with van der Waals surface area (Å²) in [5.41, 5.74) is -0.820. The van der Waals surface area contributed by atoms with E-state index in [0.717, 1.165) is 13.0 Å². The number of amides is 2. The average Bonchev–Trinajstić information content (AvgIpc) is 3.00. The maximum absolute atomic E-state index is 13.1. The minimum atomic E-state index is -3.21. The van der Waals surface area contributed by atoms with Crippen LogP contribution in [0.5, 0.6) is 0 Å². The van der Waals surface area contributed by atoms with E-state index in [9.17, 15) is 18.0 Å². The second-order valence-corrected chi connectivity index (χ2v) is 9.52. The van der Waals surface area contributed by atoms with E-state index < -0.39 is 15.4 Å². The summed E-state index contributed by atoms with van der Waals surface area (Å²) in [6.07, 6.45) is 3.29. The summed E-state index contributed by atoms with van der Waals surface area (Å²) in [5.74, 6) is 0.154. The van der Waals surface area contributed by atoms with Gasteiger partial charge in [0.15, 0.2) is 0 Å². The fourth-order valence-electron chi connectivity index (χ4n) is 4.95. The molecule has 3 fully saturated rings. The number of carbonyl (C=O) groups excluding carboxylic acids is 2. The minimum absolute atomic E-state index is 0.000425. The minimum Gasteiger partial charge on any atom is -0.342 e. The first-order chi connectivity index (χ1) is 11.2. The lowest BCUT2D eigenvalue weighted by atomic mass is 9.60. The van der Waals surface area contributed by atoms with Crippen molar-refractivity contribution in [3.8, 4) is 0 Å². The Kier molecular flexibility index (Phi) is 4.19. The van der Waals surface area contributed by atoms with Crippen LogP contribution in [0, 0.1) is 10.8 Å². The van der Waals surface area contributed by atoms with Gasteiger partial charge in [-0.25, -0.2) is 12.7 Å². The van der Waals surface area contributed by atoms with Crippen LogP contribution < -0.4 is 0 Å². The van der Waals surface area contributed by atoms with E-state index in [1.165, 1.54) is 10.6 Å². The van der Waals surface area contributed by atoms with Crippen molar-refractivity contribution in [3.63, 3.8) is 0 Å². The zero-order chi connectivity index (χ0) is 17.8. The molecule has 1 unspecified atom stereocenters. The number of rotatable bonds is 2. The second-order valence-electron chi connectivity index (χ2n) is 7.53. The number of fused-ring (bicyclic) bond motifs is 1. The van der Waals surface area contributed by atoms with Crippen LogP contribution in [-0.4, -0.2) is 79.9 Å². The monoisotopic (exact) mass is 357 g/mol. The molecule has 0 saturated carbocycles. The van der Waals surface area contributed by atoms with E-state index in [0.29, 0.717) is 45.6 Å². The first kappa shape index (κ1) is 17.7. The molecule has 0 radical (unpaired) electrons. The van der Waals surface area contributed by atoms with Crippen molar-refractivity contribution in [3.05, 3.63) is 0 Å². The van der Waals surface area contributed by atoms with Crippen LogP contribution in [0.1, 0.15) is 33.1 Å². The topological polar surface area (TPSA) is 78.0 Å². The molecule has 3 aliphatic heterocycles. The predicted octanol–water partition coefficient (Wildman–Crippen LogP) is 0.129. The summed E-state index contributed by atoms with van der Waals surface area (Å²) < 4.78 is 25.1. The van der Waals surface area contributed by atoms with Crippen LogP contribution in [0.4, 0.5) is 0 Å². The third kappa shape index (κ3) is 2.45. The first-order valence-corrected chi connectivity index (χ1v) is 10.5. The molecular formula is C16H27N3O4S. The van der Waals surface area contributed by atoms with Gasteiger partial charge < -0.3 is 9.80 Å². The van der Waals surface area contributed by atoms with Crippen molar-refractivity contribution < 1.29 is 18.0 Å². The molecular weight excluding hydrogens is 330 g/mol. The van der Waals surface area contributed by atoms with E-state index in [1.807, 2.05) is 11.8 Å². The van der Waals surface area contributed by atoms with Crippen LogP contribution in [0.25, 0.3) is 0 Å². The van der Waals surface area contributed by atoms with E-state index in [-0.39, 0.29) is 17.2 Å². The Balaban J connectivity index is 1.93. The molecule has 1 atom stereocenters. The zero-order valence-corrected chi connectivity index (χ0v) is 15.6. The molecule has 0 aromatic heterocycles. The highest BCUT2D eigenvalue weighted by Gasteiger charge is 2.65. The molecule has 24 heavy (non-hydrogen) atoms. The van der Waals surface area contributed by atoms with Gasteiger partial charge in [0.2, 0.25) is 21.8 Å². The number of sulfonamides is 1. The van der Waals surface area contributed by atoms with Crippen molar-refractivity contribution in [2.45, 2.75) is 33.1 Å². The summed E-state index contributed by atoms with van der Waals surface area (Å²) in [4.78, 5) is 28.8. The SMILES string of the molecule is CCN1CCC2(CN(C(C)=O)CC23CCN(S(C)(=O)=O)CC3)C1=O. The molecule has 7 nitrogen and oxygen atoms in total. The zero-order valence-electron chi connectivity index (χ0n) is 14.7. The summed E-state index contributed by atoms with van der Waals surface area (Å²) in [7, 11) is -3.21. The fourth-order valence-corrected chi connectivity index (χ4v) is 5.79. The average molecular weight is 357 g/mol. The van der Waals surface area contributed by atoms with Gasteiger partial charge in [-0.05, 0) is 26.2 Å². The lowest BCUT2D eigenvalue weighted by Gasteiger charge is -2.46. The van der Waals surface area contributed by atoms with Gasteiger partial charge in [0.1, 0.15) is 0 Å². The molecule has 2 amide bonds. The summed E-state index contributed by atoms with van der Waals surface area (Å²) in [6.45, 7) is 6.88. The van der Waals surface area contributed by atoms with Crippen molar-refractivity contribution in [2.24, 2.45) is 10.8 Å². The van der Waals surface area contributed by atoms with Gasteiger partial charge >= 0.3 is 0 Å². The van der Waals surface area contributed by atoms with Gasteiger partial charge in [0.05, 0.1) is 11.7 Å². The van der Waals surface area contributed by atoms with Gasteiger partial charge in [-0.2, -0.15) is 0 Å². The lowest BCUT2D eigenvalue weighted by molar-refractivity contribution is -0.141. The van der Waals surface area contributed by atoms with E-state index >= 15 is 0 Å². The van der Waals surface area contributed by atoms with Crippen LogP contribution >= 0.6 is 0 Å². The molecule has 0 aromatic carbocycles. The maximum atomic E-state index is 13.1. The van der Waals surface area contributed by atoms with Crippen molar-refractivity contribution in [2.75, 3.05) is 45.5 Å². The number of hydrogen-bond donors (Lipinski definition) is 0. The first-order valence-electron chi connectivity index (χ1n) is 8.65. The van der Waals surface area contributed by atoms with Crippen molar-refractivity contribution >= 4 is 21.8 Å². The Morgan fingerprint density at radius 1 is 1.12 bits per heavy atom. The number of piperidine rings is 1. The van der Waals surface area contributed by atoms with Crippen LogP contribution in [0.15, 0.2) is 0 Å². The molecule has 0 bridgehead atoms. The molecule has 3 heterocycles. The van der Waals surface area contributed by atoms with E-state index in [1.54, 1.807) is 11.8 Å². The van der Waals surface area contributed by atoms with Crippen LogP contribution in [-0.2, 0) is 19.6 Å². The second kappa shape index (κ2) is 5.69.